The Hall–Kier alpha value is -2.88. The fraction of sp³-hybridized carbons (Fsp3) is 0.278. The summed E-state index contributed by atoms with van der Waals surface area (Å²) in [5, 5.41) is 20.2. The van der Waals surface area contributed by atoms with Crippen molar-refractivity contribution in [2.24, 2.45) is 0 Å². The van der Waals surface area contributed by atoms with Crippen LogP contribution >= 0.6 is 12.2 Å². The topological polar surface area (TPSA) is 79.2 Å². The third-order valence-electron chi connectivity index (χ3n) is 3.79. The molecule has 0 saturated heterocycles. The van der Waals surface area contributed by atoms with E-state index in [0.29, 0.717) is 24.3 Å². The predicted octanol–water partition coefficient (Wildman–Crippen LogP) is 3.73. The summed E-state index contributed by atoms with van der Waals surface area (Å²) in [6.45, 7) is 1.23. The highest BCUT2D eigenvalue weighted by atomic mass is 32.1. The molecular formula is C18H19F3N4O2S. The fourth-order valence-electron chi connectivity index (χ4n) is 2.41. The monoisotopic (exact) mass is 412 g/mol. The quantitative estimate of drug-likeness (QED) is 0.265. The van der Waals surface area contributed by atoms with E-state index in [1.54, 1.807) is 0 Å². The van der Waals surface area contributed by atoms with Crippen molar-refractivity contribution in [1.82, 2.24) is 10.6 Å². The molecule has 0 fully saturated rings. The lowest BCUT2D eigenvalue weighted by molar-refractivity contribution is -0.384. The first-order chi connectivity index (χ1) is 13.3. The molecule has 0 aliphatic rings. The molecule has 2 aromatic carbocycles. The lowest BCUT2D eigenvalue weighted by Gasteiger charge is -2.13. The first-order valence-corrected chi connectivity index (χ1v) is 8.83. The first kappa shape index (κ1) is 21.4. The van der Waals surface area contributed by atoms with Gasteiger partial charge in [0.25, 0.3) is 5.69 Å². The van der Waals surface area contributed by atoms with Crippen molar-refractivity contribution in [1.29, 1.82) is 0 Å². The number of rotatable bonds is 8. The summed E-state index contributed by atoms with van der Waals surface area (Å²) >= 11 is 5.14. The second-order valence-corrected chi connectivity index (χ2v) is 6.24. The number of halogens is 3. The second kappa shape index (κ2) is 9.88. The van der Waals surface area contributed by atoms with Gasteiger partial charge in [-0.2, -0.15) is 13.2 Å². The molecule has 3 N–H and O–H groups in total. The van der Waals surface area contributed by atoms with Crippen LogP contribution in [0.4, 0.5) is 24.5 Å². The van der Waals surface area contributed by atoms with E-state index in [-0.39, 0.29) is 12.2 Å². The minimum Gasteiger partial charge on any atom is -0.378 e. The van der Waals surface area contributed by atoms with Gasteiger partial charge in [0.05, 0.1) is 10.5 Å². The van der Waals surface area contributed by atoms with Gasteiger partial charge in [-0.05, 0) is 36.3 Å². The van der Waals surface area contributed by atoms with Crippen LogP contribution in [0.5, 0.6) is 0 Å². The van der Waals surface area contributed by atoms with Crippen molar-refractivity contribution in [2.75, 3.05) is 25.0 Å². The number of thiocarbonyl (C=S) groups is 1. The normalized spacial score (nSPS) is 11.0. The summed E-state index contributed by atoms with van der Waals surface area (Å²) in [6.07, 6.45) is -3.83. The van der Waals surface area contributed by atoms with Crippen LogP contribution in [0.15, 0.2) is 48.5 Å². The molecule has 28 heavy (non-hydrogen) atoms. The van der Waals surface area contributed by atoms with Crippen LogP contribution in [0.3, 0.4) is 0 Å². The Labute approximate surface area is 165 Å². The Balaban J connectivity index is 1.76. The van der Waals surface area contributed by atoms with Crippen molar-refractivity contribution >= 4 is 28.7 Å². The van der Waals surface area contributed by atoms with E-state index >= 15 is 0 Å². The lowest BCUT2D eigenvalue weighted by atomic mass is 10.1. The summed E-state index contributed by atoms with van der Waals surface area (Å²) in [7, 11) is 0. The molecule has 2 rings (SSSR count). The maximum absolute atomic E-state index is 12.7. The summed E-state index contributed by atoms with van der Waals surface area (Å²) in [4.78, 5) is 10.2. The van der Waals surface area contributed by atoms with E-state index in [4.69, 9.17) is 12.2 Å². The zero-order valence-electron chi connectivity index (χ0n) is 14.8. The van der Waals surface area contributed by atoms with E-state index < -0.39 is 22.4 Å². The van der Waals surface area contributed by atoms with Crippen LogP contribution in [0.2, 0.25) is 0 Å². The molecule has 0 amide bonds. The van der Waals surface area contributed by atoms with Crippen LogP contribution in [-0.4, -0.2) is 29.7 Å². The molecule has 0 spiro atoms. The van der Waals surface area contributed by atoms with Gasteiger partial charge in [-0.15, -0.1) is 0 Å². The first-order valence-electron chi connectivity index (χ1n) is 8.42. The number of alkyl halides is 3. The van der Waals surface area contributed by atoms with E-state index in [9.17, 15) is 23.3 Å². The van der Waals surface area contributed by atoms with Gasteiger partial charge in [-0.25, -0.2) is 0 Å². The van der Waals surface area contributed by atoms with E-state index in [1.807, 2.05) is 30.3 Å². The van der Waals surface area contributed by atoms with Crippen molar-refractivity contribution in [3.8, 4) is 0 Å². The van der Waals surface area contributed by atoms with Gasteiger partial charge in [-0.1, -0.05) is 30.3 Å². The number of nitrogens with zero attached hydrogens (tertiary/aromatic N) is 1. The highest BCUT2D eigenvalue weighted by molar-refractivity contribution is 7.80. The number of anilines is 1. The zero-order chi connectivity index (χ0) is 20.6. The predicted molar refractivity (Wildman–Crippen MR) is 105 cm³/mol. The van der Waals surface area contributed by atoms with Crippen molar-refractivity contribution in [2.45, 2.75) is 12.6 Å². The average Bonchev–Trinajstić information content (AvgIpc) is 2.65. The molecule has 150 valence electrons. The largest absolute Gasteiger partial charge is 0.416 e. The highest BCUT2D eigenvalue weighted by Crippen LogP contribution is 2.34. The van der Waals surface area contributed by atoms with E-state index in [1.165, 1.54) is 5.56 Å². The number of nitrogens with one attached hydrogen (secondary N) is 3. The van der Waals surface area contributed by atoms with Gasteiger partial charge >= 0.3 is 6.18 Å². The minimum atomic E-state index is -4.64. The molecule has 10 heteroatoms. The van der Waals surface area contributed by atoms with E-state index in [2.05, 4.69) is 16.0 Å². The third kappa shape index (κ3) is 6.69. The molecule has 0 heterocycles. The van der Waals surface area contributed by atoms with Crippen molar-refractivity contribution < 1.29 is 18.1 Å². The van der Waals surface area contributed by atoms with E-state index in [0.717, 1.165) is 18.6 Å². The zero-order valence-corrected chi connectivity index (χ0v) is 15.6. The average molecular weight is 412 g/mol. The SMILES string of the molecule is O=[N+]([O-])c1cc(C(F)(F)F)ccc1NCCNC(=S)NCCc1ccccc1. The summed E-state index contributed by atoms with van der Waals surface area (Å²) < 4.78 is 38.1. The molecule has 0 aliphatic carbocycles. The maximum Gasteiger partial charge on any atom is 0.416 e. The van der Waals surface area contributed by atoms with Crippen LogP contribution in [0, 0.1) is 10.1 Å². The van der Waals surface area contributed by atoms with Gasteiger partial charge in [0.15, 0.2) is 5.11 Å². The molecule has 0 radical (unpaired) electrons. The van der Waals surface area contributed by atoms with Crippen molar-refractivity contribution in [3.63, 3.8) is 0 Å². The standard InChI is InChI=1S/C18H19F3N4O2S/c19-18(20,21)14-6-7-15(16(12-14)25(26)27)22-10-11-24-17(28)23-9-8-13-4-2-1-3-5-13/h1-7,12,22H,8-11H2,(H2,23,24,28). The number of hydrogen-bond acceptors (Lipinski definition) is 4. The molecule has 0 atom stereocenters. The number of nitro benzene ring substituents is 1. The van der Waals surface area contributed by atoms with Crippen LogP contribution < -0.4 is 16.0 Å². The molecule has 2 aromatic rings. The van der Waals surface area contributed by atoms with Gasteiger partial charge in [0, 0.05) is 25.7 Å². The van der Waals surface area contributed by atoms with Crippen LogP contribution in [0.25, 0.3) is 0 Å². The van der Waals surface area contributed by atoms with Gasteiger partial charge in [-0.3, -0.25) is 10.1 Å². The third-order valence-corrected chi connectivity index (χ3v) is 4.08. The Bertz CT molecular complexity index is 816. The Morgan fingerprint density at radius 3 is 2.36 bits per heavy atom. The molecular weight excluding hydrogens is 393 g/mol. The number of nitro groups is 1. The number of benzene rings is 2. The highest BCUT2D eigenvalue weighted by Gasteiger charge is 2.32. The van der Waals surface area contributed by atoms with Gasteiger partial charge < -0.3 is 16.0 Å². The Morgan fingerprint density at radius 1 is 1.04 bits per heavy atom. The Kier molecular flexibility index (Phi) is 7.56. The number of hydrogen-bond donors (Lipinski definition) is 3. The van der Waals surface area contributed by atoms with Gasteiger partial charge in [0.2, 0.25) is 0 Å². The summed E-state index contributed by atoms with van der Waals surface area (Å²) in [6, 6.07) is 12.3. The van der Waals surface area contributed by atoms with Crippen molar-refractivity contribution in [3.05, 3.63) is 69.8 Å². The molecule has 0 bridgehead atoms. The molecule has 0 aliphatic heterocycles. The smallest absolute Gasteiger partial charge is 0.378 e. The van der Waals surface area contributed by atoms with Crippen LogP contribution in [0.1, 0.15) is 11.1 Å². The molecule has 0 saturated carbocycles. The molecule has 6 nitrogen and oxygen atoms in total. The summed E-state index contributed by atoms with van der Waals surface area (Å²) in [5.74, 6) is 0. The summed E-state index contributed by atoms with van der Waals surface area (Å²) in [5.41, 5.74) is -0.498. The Morgan fingerprint density at radius 2 is 1.71 bits per heavy atom. The van der Waals surface area contributed by atoms with Crippen LogP contribution in [-0.2, 0) is 12.6 Å². The minimum absolute atomic E-state index is 0.0164. The molecule has 0 unspecified atom stereocenters. The lowest BCUT2D eigenvalue weighted by Crippen LogP contribution is -2.38. The fourth-order valence-corrected chi connectivity index (χ4v) is 2.61. The maximum atomic E-state index is 12.7. The second-order valence-electron chi connectivity index (χ2n) is 5.83. The van der Waals surface area contributed by atoms with Gasteiger partial charge in [0.1, 0.15) is 5.69 Å². The molecule has 0 aromatic heterocycles.